The average Bonchev–Trinajstić information content (AvgIpc) is 2.54. The van der Waals surface area contributed by atoms with E-state index < -0.39 is 6.04 Å². The molecular formula is C18H17ClN2O2. The molecule has 1 fully saturated rings. The highest BCUT2D eigenvalue weighted by Gasteiger charge is 2.34. The zero-order valence-corrected chi connectivity index (χ0v) is 13.5. The van der Waals surface area contributed by atoms with E-state index in [9.17, 15) is 9.59 Å². The maximum absolute atomic E-state index is 12.9. The molecule has 1 aliphatic rings. The van der Waals surface area contributed by atoms with E-state index >= 15 is 0 Å². The molecule has 0 bridgehead atoms. The molecule has 1 unspecified atom stereocenters. The van der Waals surface area contributed by atoms with Gasteiger partial charge in [0.15, 0.2) is 0 Å². The highest BCUT2D eigenvalue weighted by molar-refractivity contribution is 6.30. The van der Waals surface area contributed by atoms with Gasteiger partial charge in [-0.3, -0.25) is 9.59 Å². The van der Waals surface area contributed by atoms with Crippen molar-refractivity contribution in [1.82, 2.24) is 10.2 Å². The first-order valence-electron chi connectivity index (χ1n) is 7.47. The molecule has 23 heavy (non-hydrogen) atoms. The van der Waals surface area contributed by atoms with E-state index in [1.54, 1.807) is 29.2 Å². The predicted octanol–water partition coefficient (Wildman–Crippen LogP) is 2.96. The van der Waals surface area contributed by atoms with Crippen LogP contribution in [-0.4, -0.2) is 29.8 Å². The molecule has 1 heterocycles. The van der Waals surface area contributed by atoms with Crippen LogP contribution in [0.2, 0.25) is 5.02 Å². The molecule has 0 spiro atoms. The average molecular weight is 329 g/mol. The molecule has 0 saturated carbocycles. The van der Waals surface area contributed by atoms with Gasteiger partial charge in [-0.25, -0.2) is 0 Å². The number of nitrogens with zero attached hydrogens (tertiary/aromatic N) is 1. The topological polar surface area (TPSA) is 49.4 Å². The molecule has 1 N–H and O–H groups in total. The number of benzene rings is 2. The van der Waals surface area contributed by atoms with E-state index in [0.29, 0.717) is 23.7 Å². The maximum atomic E-state index is 12.9. The minimum atomic E-state index is -0.657. The summed E-state index contributed by atoms with van der Waals surface area (Å²) in [6.07, 6.45) is 0. The van der Waals surface area contributed by atoms with E-state index in [1.807, 2.05) is 31.2 Å². The van der Waals surface area contributed by atoms with Crippen LogP contribution in [0.5, 0.6) is 0 Å². The first-order valence-corrected chi connectivity index (χ1v) is 7.85. The summed E-state index contributed by atoms with van der Waals surface area (Å²) in [6.45, 7) is 2.86. The fourth-order valence-corrected chi connectivity index (χ4v) is 3.04. The van der Waals surface area contributed by atoms with Crippen molar-refractivity contribution in [2.24, 2.45) is 0 Å². The molecule has 1 atom stereocenters. The van der Waals surface area contributed by atoms with Crippen LogP contribution in [0.3, 0.4) is 0 Å². The third-order valence-electron chi connectivity index (χ3n) is 3.90. The summed E-state index contributed by atoms with van der Waals surface area (Å²) >= 11 is 6.04. The fraction of sp³-hybridized carbons (Fsp3) is 0.222. The van der Waals surface area contributed by atoms with Gasteiger partial charge in [-0.2, -0.15) is 0 Å². The number of halogens is 1. The number of nitrogens with one attached hydrogen (secondary N) is 1. The van der Waals surface area contributed by atoms with Gasteiger partial charge in [0, 0.05) is 23.7 Å². The first-order chi connectivity index (χ1) is 11.1. The Kier molecular flexibility index (Phi) is 4.35. The molecule has 5 heteroatoms. The zero-order valence-electron chi connectivity index (χ0n) is 12.8. The second kappa shape index (κ2) is 6.42. The van der Waals surface area contributed by atoms with Crippen LogP contribution in [0.25, 0.3) is 0 Å². The number of piperazine rings is 1. The zero-order chi connectivity index (χ0) is 16.4. The summed E-state index contributed by atoms with van der Waals surface area (Å²) in [4.78, 5) is 26.9. The lowest BCUT2D eigenvalue weighted by atomic mass is 10.0. The third-order valence-corrected chi connectivity index (χ3v) is 4.14. The lowest BCUT2D eigenvalue weighted by molar-refractivity contribution is -0.128. The Balaban J connectivity index is 1.98. The van der Waals surface area contributed by atoms with E-state index in [0.717, 1.165) is 11.1 Å². The number of aryl methyl sites for hydroxylation is 1. The Bertz CT molecular complexity index is 760. The van der Waals surface area contributed by atoms with Crippen molar-refractivity contribution in [2.45, 2.75) is 13.0 Å². The van der Waals surface area contributed by atoms with Crippen molar-refractivity contribution >= 4 is 23.4 Å². The monoisotopic (exact) mass is 328 g/mol. The summed E-state index contributed by atoms with van der Waals surface area (Å²) in [6, 6.07) is 13.8. The second-order valence-corrected chi connectivity index (χ2v) is 6.05. The van der Waals surface area contributed by atoms with Crippen molar-refractivity contribution in [3.8, 4) is 0 Å². The molecule has 118 valence electrons. The number of hydrogen-bond acceptors (Lipinski definition) is 2. The van der Waals surface area contributed by atoms with E-state index in [-0.39, 0.29) is 11.8 Å². The van der Waals surface area contributed by atoms with Crippen LogP contribution in [0.4, 0.5) is 0 Å². The number of amides is 2. The van der Waals surface area contributed by atoms with E-state index in [2.05, 4.69) is 5.32 Å². The van der Waals surface area contributed by atoms with Gasteiger partial charge >= 0.3 is 0 Å². The summed E-state index contributed by atoms with van der Waals surface area (Å²) in [5, 5.41) is 3.37. The Labute approximate surface area is 140 Å². The van der Waals surface area contributed by atoms with E-state index in [1.165, 1.54) is 0 Å². The van der Waals surface area contributed by atoms with Crippen LogP contribution in [0.15, 0.2) is 48.5 Å². The highest BCUT2D eigenvalue weighted by Crippen LogP contribution is 2.27. The van der Waals surface area contributed by atoms with E-state index in [4.69, 9.17) is 11.6 Å². The molecule has 0 aliphatic carbocycles. The SMILES string of the molecule is Cc1cccc(C(=O)N2CCNC(=O)C2c2cccc(Cl)c2)c1. The van der Waals surface area contributed by atoms with Gasteiger partial charge in [0.05, 0.1) is 0 Å². The number of carbonyl (C=O) groups is 2. The largest absolute Gasteiger partial charge is 0.352 e. The Morgan fingerprint density at radius 1 is 1.22 bits per heavy atom. The molecule has 0 aromatic heterocycles. The Morgan fingerprint density at radius 2 is 2.00 bits per heavy atom. The number of rotatable bonds is 2. The molecule has 1 saturated heterocycles. The lowest BCUT2D eigenvalue weighted by Gasteiger charge is -2.35. The van der Waals surface area contributed by atoms with Gasteiger partial charge in [-0.15, -0.1) is 0 Å². The van der Waals surface area contributed by atoms with Crippen LogP contribution >= 0.6 is 11.6 Å². The summed E-state index contributed by atoms with van der Waals surface area (Å²) in [7, 11) is 0. The first kappa shape index (κ1) is 15.6. The Hall–Kier alpha value is -2.33. The minimum absolute atomic E-state index is 0.145. The molecule has 1 aliphatic heterocycles. The quantitative estimate of drug-likeness (QED) is 0.921. The minimum Gasteiger partial charge on any atom is -0.352 e. The van der Waals surface area contributed by atoms with Crippen LogP contribution in [0, 0.1) is 6.92 Å². The van der Waals surface area contributed by atoms with Gasteiger partial charge in [0.1, 0.15) is 6.04 Å². The third kappa shape index (κ3) is 3.22. The van der Waals surface area contributed by atoms with Crippen LogP contribution < -0.4 is 5.32 Å². The lowest BCUT2D eigenvalue weighted by Crippen LogP contribution is -2.52. The number of carbonyl (C=O) groups excluding carboxylic acids is 2. The maximum Gasteiger partial charge on any atom is 0.254 e. The molecule has 2 aromatic carbocycles. The Morgan fingerprint density at radius 3 is 2.74 bits per heavy atom. The molecular weight excluding hydrogens is 312 g/mol. The summed E-state index contributed by atoms with van der Waals surface area (Å²) in [5.41, 5.74) is 2.32. The molecule has 2 aromatic rings. The summed E-state index contributed by atoms with van der Waals surface area (Å²) in [5.74, 6) is -0.326. The van der Waals surface area contributed by atoms with Gasteiger partial charge in [-0.05, 0) is 36.8 Å². The van der Waals surface area contributed by atoms with Gasteiger partial charge < -0.3 is 10.2 Å². The molecule has 2 amide bonds. The van der Waals surface area contributed by atoms with Crippen molar-refractivity contribution < 1.29 is 9.59 Å². The standard InChI is InChI=1S/C18H17ClN2O2/c1-12-4-2-6-14(10-12)18(23)21-9-8-20-17(22)16(21)13-5-3-7-15(19)11-13/h2-7,10-11,16H,8-9H2,1H3,(H,20,22). The fourth-order valence-electron chi connectivity index (χ4n) is 2.84. The van der Waals surface area contributed by atoms with Crippen LogP contribution in [-0.2, 0) is 4.79 Å². The van der Waals surface area contributed by atoms with Gasteiger partial charge in [-0.1, -0.05) is 41.4 Å². The van der Waals surface area contributed by atoms with Gasteiger partial charge in [0.2, 0.25) is 5.91 Å². The van der Waals surface area contributed by atoms with Crippen LogP contribution in [0.1, 0.15) is 27.5 Å². The smallest absolute Gasteiger partial charge is 0.254 e. The number of hydrogen-bond donors (Lipinski definition) is 1. The van der Waals surface area contributed by atoms with Crippen molar-refractivity contribution in [2.75, 3.05) is 13.1 Å². The highest BCUT2D eigenvalue weighted by atomic mass is 35.5. The van der Waals surface area contributed by atoms with Crippen molar-refractivity contribution in [3.05, 3.63) is 70.2 Å². The summed E-state index contributed by atoms with van der Waals surface area (Å²) < 4.78 is 0. The normalized spacial score (nSPS) is 17.7. The predicted molar refractivity (Wildman–Crippen MR) is 89.4 cm³/mol. The van der Waals surface area contributed by atoms with Crippen molar-refractivity contribution in [3.63, 3.8) is 0 Å². The molecule has 0 radical (unpaired) electrons. The van der Waals surface area contributed by atoms with Crippen molar-refractivity contribution in [1.29, 1.82) is 0 Å². The second-order valence-electron chi connectivity index (χ2n) is 5.62. The van der Waals surface area contributed by atoms with Gasteiger partial charge in [0.25, 0.3) is 5.91 Å². The molecule has 3 rings (SSSR count). The molecule has 4 nitrogen and oxygen atoms in total.